The summed E-state index contributed by atoms with van der Waals surface area (Å²) in [6.45, 7) is 4.43. The fraction of sp³-hybridized carbons (Fsp3) is 0.429. The number of oxazole rings is 1. The van der Waals surface area contributed by atoms with E-state index in [-0.39, 0.29) is 18.1 Å². The van der Waals surface area contributed by atoms with Gasteiger partial charge in [0.1, 0.15) is 5.76 Å². The first-order valence-corrected chi connectivity index (χ1v) is 6.80. The van der Waals surface area contributed by atoms with Crippen molar-refractivity contribution < 1.29 is 9.21 Å². The number of aromatic amines is 1. The highest BCUT2D eigenvalue weighted by Crippen LogP contribution is 2.31. The van der Waals surface area contributed by atoms with E-state index in [2.05, 4.69) is 15.3 Å². The van der Waals surface area contributed by atoms with Crippen LogP contribution in [0.4, 0.5) is 10.8 Å². The molecule has 1 fully saturated rings. The minimum Gasteiger partial charge on any atom is -0.428 e. The number of aryl methyl sites for hydroxylation is 2. The van der Waals surface area contributed by atoms with Gasteiger partial charge in [0.15, 0.2) is 0 Å². The van der Waals surface area contributed by atoms with E-state index in [1.165, 1.54) is 0 Å². The highest BCUT2D eigenvalue weighted by Gasteiger charge is 2.31. The Morgan fingerprint density at radius 3 is 3.05 bits per heavy atom. The number of nitrogens with one attached hydrogen (secondary N) is 2. The summed E-state index contributed by atoms with van der Waals surface area (Å²) in [4.78, 5) is 21.5. The minimum atomic E-state index is -0.164. The number of nitrogens with zero attached hydrogens (tertiary/aromatic N) is 2. The number of aromatic nitrogens is 2. The Morgan fingerprint density at radius 1 is 1.55 bits per heavy atom. The summed E-state index contributed by atoms with van der Waals surface area (Å²) in [6, 6.07) is 4.16. The monoisotopic (exact) mass is 274 g/mol. The van der Waals surface area contributed by atoms with Gasteiger partial charge in [0.25, 0.3) is 0 Å². The molecule has 0 saturated carbocycles. The number of likely N-dealkylation sites (tertiary alicyclic amines) is 1. The Labute approximate surface area is 117 Å². The van der Waals surface area contributed by atoms with Gasteiger partial charge in [-0.05, 0) is 38.8 Å². The first-order valence-electron chi connectivity index (χ1n) is 6.80. The van der Waals surface area contributed by atoms with Crippen molar-refractivity contribution in [2.24, 2.45) is 0 Å². The number of urea groups is 1. The average molecular weight is 274 g/mol. The normalized spacial score (nSPS) is 18.5. The van der Waals surface area contributed by atoms with Crippen LogP contribution in [0, 0.1) is 13.8 Å². The molecule has 1 aliphatic rings. The van der Waals surface area contributed by atoms with E-state index in [1.54, 1.807) is 0 Å². The van der Waals surface area contributed by atoms with Crippen LogP contribution in [-0.4, -0.2) is 27.4 Å². The van der Waals surface area contributed by atoms with Crippen LogP contribution >= 0.6 is 0 Å². The number of H-pyrrole nitrogens is 1. The molecule has 2 aromatic rings. The Bertz CT molecular complexity index is 583. The number of anilines is 1. The molecule has 1 aliphatic heterocycles. The highest BCUT2D eigenvalue weighted by molar-refractivity contribution is 5.87. The second kappa shape index (κ2) is 5.03. The zero-order valence-corrected chi connectivity index (χ0v) is 11.6. The molecule has 0 radical (unpaired) electrons. The molecular formula is C14H18N4O2. The Morgan fingerprint density at radius 2 is 2.40 bits per heavy atom. The third-order valence-electron chi connectivity index (χ3n) is 3.74. The smallest absolute Gasteiger partial charge is 0.326 e. The van der Waals surface area contributed by atoms with Crippen molar-refractivity contribution in [3.63, 3.8) is 0 Å². The predicted octanol–water partition coefficient (Wildman–Crippen LogP) is 2.99. The molecule has 2 amide bonds. The van der Waals surface area contributed by atoms with Gasteiger partial charge in [0.05, 0.1) is 11.7 Å². The second-order valence-corrected chi connectivity index (χ2v) is 5.07. The molecule has 2 N–H and O–H groups in total. The van der Waals surface area contributed by atoms with Gasteiger partial charge in [-0.25, -0.2) is 4.79 Å². The van der Waals surface area contributed by atoms with Gasteiger partial charge >= 0.3 is 12.0 Å². The zero-order chi connectivity index (χ0) is 14.1. The number of hydrogen-bond acceptors (Lipinski definition) is 3. The topological polar surface area (TPSA) is 74.2 Å². The summed E-state index contributed by atoms with van der Waals surface area (Å²) < 4.78 is 5.39. The predicted molar refractivity (Wildman–Crippen MR) is 74.5 cm³/mol. The van der Waals surface area contributed by atoms with Crippen LogP contribution in [0.15, 0.2) is 22.7 Å². The molecule has 3 rings (SSSR count). The summed E-state index contributed by atoms with van der Waals surface area (Å²) >= 11 is 0. The molecule has 1 saturated heterocycles. The molecule has 1 atom stereocenters. The summed E-state index contributed by atoms with van der Waals surface area (Å²) in [7, 11) is 0. The fourth-order valence-corrected chi connectivity index (χ4v) is 2.57. The maximum absolute atomic E-state index is 12.3. The molecule has 6 nitrogen and oxygen atoms in total. The number of carbonyl (C=O) groups excluding carboxylic acids is 1. The number of amides is 2. The maximum Gasteiger partial charge on any atom is 0.326 e. The van der Waals surface area contributed by atoms with Gasteiger partial charge in [-0.2, -0.15) is 4.98 Å². The lowest BCUT2D eigenvalue weighted by Crippen LogP contribution is -2.34. The minimum absolute atomic E-state index is 0.0992. The van der Waals surface area contributed by atoms with Crippen molar-refractivity contribution in [3.8, 4) is 0 Å². The van der Waals surface area contributed by atoms with Crippen molar-refractivity contribution >= 4 is 12.0 Å². The van der Waals surface area contributed by atoms with Crippen molar-refractivity contribution in [1.82, 2.24) is 14.9 Å². The van der Waals surface area contributed by atoms with Gasteiger partial charge in [-0.3, -0.25) is 5.32 Å². The molecular weight excluding hydrogens is 256 g/mol. The summed E-state index contributed by atoms with van der Waals surface area (Å²) in [5.74, 6) is 0.725. The second-order valence-electron chi connectivity index (χ2n) is 5.07. The maximum atomic E-state index is 12.3. The van der Waals surface area contributed by atoms with Crippen molar-refractivity contribution in [1.29, 1.82) is 0 Å². The molecule has 1 unspecified atom stereocenters. The Kier molecular flexibility index (Phi) is 3.22. The lowest BCUT2D eigenvalue weighted by molar-refractivity contribution is 0.205. The number of hydrogen-bond donors (Lipinski definition) is 2. The van der Waals surface area contributed by atoms with Crippen LogP contribution < -0.4 is 5.32 Å². The molecule has 6 heteroatoms. The van der Waals surface area contributed by atoms with Crippen molar-refractivity contribution in [2.45, 2.75) is 32.7 Å². The number of rotatable bonds is 2. The lowest BCUT2D eigenvalue weighted by atomic mass is 10.1. The van der Waals surface area contributed by atoms with E-state index in [0.717, 1.165) is 36.5 Å². The van der Waals surface area contributed by atoms with E-state index in [4.69, 9.17) is 4.42 Å². The lowest BCUT2D eigenvalue weighted by Gasteiger charge is -2.23. The highest BCUT2D eigenvalue weighted by atomic mass is 16.4. The Balaban J connectivity index is 1.73. The molecule has 0 spiro atoms. The van der Waals surface area contributed by atoms with E-state index >= 15 is 0 Å². The van der Waals surface area contributed by atoms with Crippen LogP contribution in [0.2, 0.25) is 0 Å². The van der Waals surface area contributed by atoms with Crippen LogP contribution in [0.25, 0.3) is 0 Å². The number of carbonyl (C=O) groups is 1. The van der Waals surface area contributed by atoms with E-state index in [1.807, 2.05) is 37.1 Å². The van der Waals surface area contributed by atoms with Crippen molar-refractivity contribution in [3.05, 3.63) is 35.5 Å². The SMILES string of the molecule is Cc1nc(NC(=O)N2CCCC2c2ccc[nH]2)oc1C. The van der Waals surface area contributed by atoms with Crippen LogP contribution in [-0.2, 0) is 0 Å². The fourth-order valence-electron chi connectivity index (χ4n) is 2.57. The van der Waals surface area contributed by atoms with Gasteiger partial charge in [0, 0.05) is 18.4 Å². The van der Waals surface area contributed by atoms with E-state index in [9.17, 15) is 4.79 Å². The zero-order valence-electron chi connectivity index (χ0n) is 11.6. The standard InChI is InChI=1S/C14H18N4O2/c1-9-10(2)20-13(16-9)17-14(19)18-8-4-6-12(18)11-5-3-7-15-11/h3,5,7,12,15H,4,6,8H2,1-2H3,(H,16,17,19). The molecule has 0 bridgehead atoms. The molecule has 3 heterocycles. The van der Waals surface area contributed by atoms with Crippen LogP contribution in [0.3, 0.4) is 0 Å². The molecule has 20 heavy (non-hydrogen) atoms. The largest absolute Gasteiger partial charge is 0.428 e. The van der Waals surface area contributed by atoms with E-state index < -0.39 is 0 Å². The molecule has 2 aromatic heterocycles. The van der Waals surface area contributed by atoms with Gasteiger partial charge in [-0.1, -0.05) is 0 Å². The van der Waals surface area contributed by atoms with Gasteiger partial charge in [-0.15, -0.1) is 0 Å². The van der Waals surface area contributed by atoms with Gasteiger partial charge < -0.3 is 14.3 Å². The summed E-state index contributed by atoms with van der Waals surface area (Å²) in [6.07, 6.45) is 3.85. The summed E-state index contributed by atoms with van der Waals surface area (Å²) in [5.41, 5.74) is 1.86. The van der Waals surface area contributed by atoms with Crippen LogP contribution in [0.1, 0.15) is 36.0 Å². The molecule has 106 valence electrons. The third-order valence-corrected chi connectivity index (χ3v) is 3.74. The quantitative estimate of drug-likeness (QED) is 0.884. The van der Waals surface area contributed by atoms with Crippen molar-refractivity contribution in [2.75, 3.05) is 11.9 Å². The van der Waals surface area contributed by atoms with E-state index in [0.29, 0.717) is 0 Å². The Hall–Kier alpha value is -2.24. The molecule has 0 aliphatic carbocycles. The first-order chi connectivity index (χ1) is 9.65. The molecule has 0 aromatic carbocycles. The summed E-state index contributed by atoms with van der Waals surface area (Å²) in [5, 5.41) is 2.73. The first kappa shape index (κ1) is 12.8. The van der Waals surface area contributed by atoms with Gasteiger partial charge in [0.2, 0.25) is 0 Å². The van der Waals surface area contributed by atoms with Crippen LogP contribution in [0.5, 0.6) is 0 Å². The average Bonchev–Trinajstić information content (AvgIpc) is 3.11. The third kappa shape index (κ3) is 2.29.